The Morgan fingerprint density at radius 3 is 2.00 bits per heavy atom. The highest BCUT2D eigenvalue weighted by atomic mass is 19.1. The Morgan fingerprint density at radius 2 is 1.65 bits per heavy atom. The molecule has 0 bridgehead atoms. The molecule has 2 rings (SSSR count). The minimum atomic E-state index is -1.13. The lowest BCUT2D eigenvalue weighted by Gasteiger charge is -2.21. The van der Waals surface area contributed by atoms with E-state index in [-0.39, 0.29) is 11.5 Å². The third kappa shape index (κ3) is 1.79. The number of carbonyl (C=O) groups excluding carboxylic acids is 1. The van der Waals surface area contributed by atoms with Gasteiger partial charge in [-0.3, -0.25) is 4.79 Å². The Labute approximate surface area is 97.0 Å². The number of nitrogens with zero attached hydrogens (tertiary/aromatic N) is 1. The summed E-state index contributed by atoms with van der Waals surface area (Å²) in [7, 11) is 3.06. The monoisotopic (exact) mass is 243 g/mol. The van der Waals surface area contributed by atoms with Crippen LogP contribution in [0.25, 0.3) is 0 Å². The third-order valence-electron chi connectivity index (χ3n) is 3.05. The highest BCUT2D eigenvalue weighted by molar-refractivity contribution is 5.91. The maximum atomic E-state index is 13.6. The molecule has 1 aliphatic carbocycles. The van der Waals surface area contributed by atoms with Crippen molar-refractivity contribution >= 4 is 5.91 Å². The molecule has 1 fully saturated rings. The van der Waals surface area contributed by atoms with Crippen molar-refractivity contribution in [3.05, 3.63) is 35.1 Å². The summed E-state index contributed by atoms with van der Waals surface area (Å²) >= 11 is 0. The molecule has 1 aromatic rings. The first-order valence-corrected chi connectivity index (χ1v) is 5.25. The van der Waals surface area contributed by atoms with Gasteiger partial charge in [-0.15, -0.1) is 0 Å². The molecule has 1 saturated carbocycles. The van der Waals surface area contributed by atoms with Gasteiger partial charge in [0.2, 0.25) is 5.91 Å². The number of hydrogen-bond donors (Lipinski definition) is 0. The van der Waals surface area contributed by atoms with Crippen molar-refractivity contribution in [3.63, 3.8) is 0 Å². The lowest BCUT2D eigenvalue weighted by molar-refractivity contribution is -0.131. The van der Waals surface area contributed by atoms with E-state index >= 15 is 0 Å². The fraction of sp³-hybridized carbons (Fsp3) is 0.417. The Kier molecular flexibility index (Phi) is 2.64. The summed E-state index contributed by atoms with van der Waals surface area (Å²) in [6, 6.07) is 1.23. The SMILES string of the molecule is CN(C)C(=O)C1(c2c(F)cc(F)cc2F)CC1. The number of carbonyl (C=O) groups is 1. The number of likely N-dealkylation sites (N-methyl/N-ethyl adjacent to an activating group) is 1. The molecule has 0 radical (unpaired) electrons. The van der Waals surface area contributed by atoms with Gasteiger partial charge in [0, 0.05) is 31.8 Å². The lowest BCUT2D eigenvalue weighted by Crippen LogP contribution is -2.35. The molecule has 1 aliphatic rings. The second-order valence-electron chi connectivity index (χ2n) is 4.53. The number of benzene rings is 1. The molecule has 17 heavy (non-hydrogen) atoms. The van der Waals surface area contributed by atoms with E-state index < -0.39 is 22.9 Å². The van der Waals surface area contributed by atoms with E-state index in [2.05, 4.69) is 0 Å². The largest absolute Gasteiger partial charge is 0.348 e. The molecule has 0 N–H and O–H groups in total. The summed E-state index contributed by atoms with van der Waals surface area (Å²) < 4.78 is 40.0. The van der Waals surface area contributed by atoms with Crippen LogP contribution >= 0.6 is 0 Å². The van der Waals surface area contributed by atoms with Crippen molar-refractivity contribution in [1.82, 2.24) is 4.90 Å². The van der Waals surface area contributed by atoms with Crippen molar-refractivity contribution in [1.29, 1.82) is 0 Å². The van der Waals surface area contributed by atoms with E-state index in [1.807, 2.05) is 0 Å². The Hall–Kier alpha value is -1.52. The van der Waals surface area contributed by atoms with Gasteiger partial charge in [-0.2, -0.15) is 0 Å². The van der Waals surface area contributed by atoms with E-state index in [1.54, 1.807) is 0 Å². The van der Waals surface area contributed by atoms with Crippen molar-refractivity contribution in [3.8, 4) is 0 Å². The topological polar surface area (TPSA) is 20.3 Å². The number of hydrogen-bond acceptors (Lipinski definition) is 1. The van der Waals surface area contributed by atoms with Crippen molar-refractivity contribution in [2.45, 2.75) is 18.3 Å². The molecule has 1 aromatic carbocycles. The minimum Gasteiger partial charge on any atom is -0.348 e. The first-order valence-electron chi connectivity index (χ1n) is 5.25. The van der Waals surface area contributed by atoms with E-state index in [1.165, 1.54) is 19.0 Å². The van der Waals surface area contributed by atoms with Crippen LogP contribution in [0.2, 0.25) is 0 Å². The second kappa shape index (κ2) is 3.75. The third-order valence-corrected chi connectivity index (χ3v) is 3.05. The molecule has 2 nitrogen and oxygen atoms in total. The fourth-order valence-electron chi connectivity index (χ4n) is 2.12. The molecule has 5 heteroatoms. The lowest BCUT2D eigenvalue weighted by atomic mass is 9.93. The summed E-state index contributed by atoms with van der Waals surface area (Å²) in [5, 5.41) is 0. The van der Waals surface area contributed by atoms with E-state index in [0.717, 1.165) is 0 Å². The normalized spacial score (nSPS) is 16.8. The van der Waals surface area contributed by atoms with Gasteiger partial charge in [0.25, 0.3) is 0 Å². The number of amides is 1. The average molecular weight is 243 g/mol. The van der Waals surface area contributed by atoms with Gasteiger partial charge in [-0.1, -0.05) is 0 Å². The van der Waals surface area contributed by atoms with Crippen LogP contribution in [0.3, 0.4) is 0 Å². The first-order chi connectivity index (χ1) is 7.88. The average Bonchev–Trinajstić information content (AvgIpc) is 2.96. The molecule has 0 unspecified atom stereocenters. The van der Waals surface area contributed by atoms with Crippen LogP contribution in [0.4, 0.5) is 13.2 Å². The Bertz CT molecular complexity index is 458. The van der Waals surface area contributed by atoms with Crippen molar-refractivity contribution < 1.29 is 18.0 Å². The zero-order valence-corrected chi connectivity index (χ0v) is 9.56. The second-order valence-corrected chi connectivity index (χ2v) is 4.53. The van der Waals surface area contributed by atoms with Gasteiger partial charge in [0.15, 0.2) is 0 Å². The van der Waals surface area contributed by atoms with Crippen LogP contribution in [0, 0.1) is 17.5 Å². The minimum absolute atomic E-state index is 0.308. The maximum absolute atomic E-state index is 13.6. The van der Waals surface area contributed by atoms with Gasteiger partial charge in [0.05, 0.1) is 5.41 Å². The highest BCUT2D eigenvalue weighted by Crippen LogP contribution is 2.51. The predicted molar refractivity (Wildman–Crippen MR) is 55.9 cm³/mol. The molecule has 92 valence electrons. The predicted octanol–water partition coefficient (Wildman–Crippen LogP) is 2.22. The highest BCUT2D eigenvalue weighted by Gasteiger charge is 2.55. The number of halogens is 3. The van der Waals surface area contributed by atoms with Crippen LogP contribution in [-0.4, -0.2) is 24.9 Å². The van der Waals surface area contributed by atoms with Crippen LogP contribution in [-0.2, 0) is 10.2 Å². The molecule has 0 atom stereocenters. The molecular formula is C12H12F3NO. The Balaban J connectivity index is 2.52. The molecular weight excluding hydrogens is 231 g/mol. The summed E-state index contributed by atoms with van der Waals surface area (Å²) in [6.45, 7) is 0. The fourth-order valence-corrected chi connectivity index (χ4v) is 2.12. The zero-order valence-electron chi connectivity index (χ0n) is 9.56. The summed E-state index contributed by atoms with van der Waals surface area (Å²) in [6.07, 6.45) is 0.785. The number of rotatable bonds is 2. The molecule has 0 aliphatic heterocycles. The molecule has 0 heterocycles. The van der Waals surface area contributed by atoms with E-state index in [9.17, 15) is 18.0 Å². The zero-order chi connectivity index (χ0) is 12.8. The summed E-state index contributed by atoms with van der Waals surface area (Å²) in [5.74, 6) is -3.30. The quantitative estimate of drug-likeness (QED) is 0.780. The van der Waals surface area contributed by atoms with Gasteiger partial charge in [-0.25, -0.2) is 13.2 Å². The van der Waals surface area contributed by atoms with Gasteiger partial charge in [0.1, 0.15) is 17.5 Å². The maximum Gasteiger partial charge on any atom is 0.232 e. The van der Waals surface area contributed by atoms with Crippen molar-refractivity contribution in [2.75, 3.05) is 14.1 Å². The van der Waals surface area contributed by atoms with Crippen LogP contribution < -0.4 is 0 Å². The van der Waals surface area contributed by atoms with E-state index in [0.29, 0.717) is 25.0 Å². The molecule has 0 spiro atoms. The van der Waals surface area contributed by atoms with Crippen LogP contribution in [0.1, 0.15) is 18.4 Å². The smallest absolute Gasteiger partial charge is 0.232 e. The van der Waals surface area contributed by atoms with Gasteiger partial charge >= 0.3 is 0 Å². The molecule has 0 saturated heterocycles. The van der Waals surface area contributed by atoms with Crippen LogP contribution in [0.15, 0.2) is 12.1 Å². The van der Waals surface area contributed by atoms with E-state index in [4.69, 9.17) is 0 Å². The molecule has 0 aromatic heterocycles. The standard InChI is InChI=1S/C12H12F3NO/c1-16(2)11(17)12(3-4-12)10-8(14)5-7(13)6-9(10)15/h5-6H,3-4H2,1-2H3. The van der Waals surface area contributed by atoms with Gasteiger partial charge < -0.3 is 4.90 Å². The Morgan fingerprint density at radius 1 is 1.18 bits per heavy atom. The molecule has 1 amide bonds. The van der Waals surface area contributed by atoms with Crippen LogP contribution in [0.5, 0.6) is 0 Å². The van der Waals surface area contributed by atoms with Crippen molar-refractivity contribution in [2.24, 2.45) is 0 Å². The summed E-state index contributed by atoms with van der Waals surface area (Å²) in [4.78, 5) is 13.2. The summed E-state index contributed by atoms with van der Waals surface area (Å²) in [5.41, 5.74) is -1.44. The van der Waals surface area contributed by atoms with Gasteiger partial charge in [-0.05, 0) is 12.8 Å². The first kappa shape index (κ1) is 12.0.